The molecule has 0 aromatic carbocycles. The summed E-state index contributed by atoms with van der Waals surface area (Å²) in [6.45, 7) is 4.47. The first-order valence-electron chi connectivity index (χ1n) is 4.34. The molecule has 0 aliphatic carbocycles. The fourth-order valence-electron chi connectivity index (χ4n) is 1.62. The van der Waals surface area contributed by atoms with Crippen molar-refractivity contribution in [2.75, 3.05) is 6.54 Å². The second-order valence-electron chi connectivity index (χ2n) is 3.16. The van der Waals surface area contributed by atoms with E-state index < -0.39 is 11.9 Å². The van der Waals surface area contributed by atoms with Gasteiger partial charge >= 0.3 is 5.97 Å². The molecular weight excluding hydrogens is 154 g/mol. The molecule has 1 rings (SSSR count). The fraction of sp³-hybridized carbons (Fsp3) is 0.667. The van der Waals surface area contributed by atoms with Crippen molar-refractivity contribution in [3.05, 3.63) is 12.7 Å². The summed E-state index contributed by atoms with van der Waals surface area (Å²) in [5.74, 6) is -1.20. The van der Waals surface area contributed by atoms with Gasteiger partial charge in [0.1, 0.15) is 0 Å². The SMILES string of the molecule is C=CC(C(=O)O)C1CCCCN1. The molecule has 12 heavy (non-hydrogen) atoms. The van der Waals surface area contributed by atoms with E-state index in [-0.39, 0.29) is 6.04 Å². The van der Waals surface area contributed by atoms with Crippen molar-refractivity contribution in [1.29, 1.82) is 0 Å². The molecule has 1 fully saturated rings. The Hall–Kier alpha value is -0.830. The highest BCUT2D eigenvalue weighted by Gasteiger charge is 2.25. The predicted molar refractivity (Wildman–Crippen MR) is 47.0 cm³/mol. The lowest BCUT2D eigenvalue weighted by molar-refractivity contribution is -0.141. The number of aliphatic carboxylic acids is 1. The van der Waals surface area contributed by atoms with Gasteiger partial charge in [0.05, 0.1) is 5.92 Å². The van der Waals surface area contributed by atoms with Gasteiger partial charge in [0.2, 0.25) is 0 Å². The third-order valence-electron chi connectivity index (χ3n) is 2.32. The molecule has 0 aromatic heterocycles. The Kier molecular flexibility index (Phi) is 3.29. The molecule has 0 spiro atoms. The predicted octanol–water partition coefficient (Wildman–Crippen LogP) is 1.02. The summed E-state index contributed by atoms with van der Waals surface area (Å²) in [5, 5.41) is 12.0. The average Bonchev–Trinajstić information content (AvgIpc) is 2.07. The minimum absolute atomic E-state index is 0.0914. The first-order chi connectivity index (χ1) is 5.75. The monoisotopic (exact) mass is 169 g/mol. The van der Waals surface area contributed by atoms with E-state index in [2.05, 4.69) is 11.9 Å². The van der Waals surface area contributed by atoms with E-state index in [1.165, 1.54) is 6.08 Å². The van der Waals surface area contributed by atoms with E-state index in [0.717, 1.165) is 25.8 Å². The topological polar surface area (TPSA) is 49.3 Å². The smallest absolute Gasteiger partial charge is 0.311 e. The van der Waals surface area contributed by atoms with E-state index >= 15 is 0 Å². The van der Waals surface area contributed by atoms with Crippen LogP contribution < -0.4 is 5.32 Å². The molecular formula is C9H15NO2. The molecule has 2 unspecified atom stereocenters. The number of hydrogen-bond acceptors (Lipinski definition) is 2. The largest absolute Gasteiger partial charge is 0.481 e. The number of piperidine rings is 1. The highest BCUT2D eigenvalue weighted by Crippen LogP contribution is 2.16. The van der Waals surface area contributed by atoms with Crippen molar-refractivity contribution < 1.29 is 9.90 Å². The Morgan fingerprint density at radius 2 is 2.42 bits per heavy atom. The van der Waals surface area contributed by atoms with Crippen LogP contribution in [0.3, 0.4) is 0 Å². The molecule has 3 heteroatoms. The van der Waals surface area contributed by atoms with Crippen molar-refractivity contribution in [2.45, 2.75) is 25.3 Å². The first-order valence-corrected chi connectivity index (χ1v) is 4.34. The van der Waals surface area contributed by atoms with Gasteiger partial charge in [0.15, 0.2) is 0 Å². The van der Waals surface area contributed by atoms with Gasteiger partial charge in [-0.1, -0.05) is 12.5 Å². The number of carboxylic acids is 1. The molecule has 3 nitrogen and oxygen atoms in total. The van der Waals surface area contributed by atoms with Crippen LogP contribution in [0.1, 0.15) is 19.3 Å². The zero-order chi connectivity index (χ0) is 8.97. The Balaban J connectivity index is 2.51. The average molecular weight is 169 g/mol. The van der Waals surface area contributed by atoms with Crippen molar-refractivity contribution in [3.63, 3.8) is 0 Å². The summed E-state index contributed by atoms with van der Waals surface area (Å²) in [6, 6.07) is 0.0914. The number of carboxylic acid groups (broad SMARTS) is 1. The van der Waals surface area contributed by atoms with Crippen LogP contribution in [0.25, 0.3) is 0 Å². The number of hydrogen-bond donors (Lipinski definition) is 2. The van der Waals surface area contributed by atoms with Crippen molar-refractivity contribution >= 4 is 5.97 Å². The lowest BCUT2D eigenvalue weighted by Gasteiger charge is -2.26. The number of nitrogens with one attached hydrogen (secondary N) is 1. The van der Waals surface area contributed by atoms with Gasteiger partial charge in [-0.05, 0) is 19.4 Å². The van der Waals surface area contributed by atoms with Gasteiger partial charge in [-0.15, -0.1) is 6.58 Å². The number of carbonyl (C=O) groups is 1. The molecule has 0 radical (unpaired) electrons. The molecule has 0 bridgehead atoms. The van der Waals surface area contributed by atoms with Crippen LogP contribution in [0.15, 0.2) is 12.7 Å². The lowest BCUT2D eigenvalue weighted by Crippen LogP contribution is -2.42. The third kappa shape index (κ3) is 2.08. The lowest BCUT2D eigenvalue weighted by atomic mass is 9.92. The van der Waals surface area contributed by atoms with Crippen LogP contribution in [0, 0.1) is 5.92 Å². The molecule has 0 amide bonds. The van der Waals surface area contributed by atoms with Crippen LogP contribution in [0.4, 0.5) is 0 Å². The van der Waals surface area contributed by atoms with Crippen molar-refractivity contribution in [2.24, 2.45) is 5.92 Å². The van der Waals surface area contributed by atoms with Gasteiger partial charge in [-0.25, -0.2) is 0 Å². The Bertz CT molecular complexity index is 173. The quantitative estimate of drug-likeness (QED) is 0.620. The molecule has 68 valence electrons. The van der Waals surface area contributed by atoms with E-state index in [9.17, 15) is 4.79 Å². The van der Waals surface area contributed by atoms with E-state index in [4.69, 9.17) is 5.11 Å². The standard InChI is InChI=1S/C9H15NO2/c1-2-7(9(11)12)8-5-3-4-6-10-8/h2,7-8,10H,1,3-6H2,(H,11,12). The minimum atomic E-state index is -0.774. The summed E-state index contributed by atoms with van der Waals surface area (Å²) in [4.78, 5) is 10.7. The second kappa shape index (κ2) is 4.26. The molecule has 1 aliphatic heterocycles. The summed E-state index contributed by atoms with van der Waals surface area (Å²) >= 11 is 0. The molecule has 0 saturated carbocycles. The zero-order valence-corrected chi connectivity index (χ0v) is 7.12. The summed E-state index contributed by atoms with van der Waals surface area (Å²) in [5.41, 5.74) is 0. The fourth-order valence-corrected chi connectivity index (χ4v) is 1.62. The third-order valence-corrected chi connectivity index (χ3v) is 2.32. The van der Waals surface area contributed by atoms with Crippen molar-refractivity contribution in [1.82, 2.24) is 5.32 Å². The highest BCUT2D eigenvalue weighted by molar-refractivity contribution is 5.73. The Morgan fingerprint density at radius 3 is 2.83 bits per heavy atom. The zero-order valence-electron chi connectivity index (χ0n) is 7.12. The van der Waals surface area contributed by atoms with Crippen molar-refractivity contribution in [3.8, 4) is 0 Å². The maximum absolute atomic E-state index is 10.7. The van der Waals surface area contributed by atoms with E-state index in [1.807, 2.05) is 0 Å². The maximum atomic E-state index is 10.7. The van der Waals surface area contributed by atoms with Crippen LogP contribution >= 0.6 is 0 Å². The van der Waals surface area contributed by atoms with E-state index in [1.54, 1.807) is 0 Å². The molecule has 1 aliphatic rings. The van der Waals surface area contributed by atoms with Crippen LogP contribution in [0.5, 0.6) is 0 Å². The van der Waals surface area contributed by atoms with Crippen LogP contribution in [0.2, 0.25) is 0 Å². The molecule has 1 saturated heterocycles. The molecule has 2 N–H and O–H groups in total. The van der Waals surface area contributed by atoms with Gasteiger partial charge in [0, 0.05) is 6.04 Å². The summed E-state index contributed by atoms with van der Waals surface area (Å²) < 4.78 is 0. The summed E-state index contributed by atoms with van der Waals surface area (Å²) in [7, 11) is 0. The Labute approximate surface area is 72.5 Å². The van der Waals surface area contributed by atoms with Gasteiger partial charge in [0.25, 0.3) is 0 Å². The second-order valence-corrected chi connectivity index (χ2v) is 3.16. The summed E-state index contributed by atoms with van der Waals surface area (Å²) in [6.07, 6.45) is 4.74. The highest BCUT2D eigenvalue weighted by atomic mass is 16.4. The Morgan fingerprint density at radius 1 is 1.67 bits per heavy atom. The number of rotatable bonds is 3. The molecule has 0 aromatic rings. The molecule has 1 heterocycles. The van der Waals surface area contributed by atoms with Crippen LogP contribution in [-0.2, 0) is 4.79 Å². The maximum Gasteiger partial charge on any atom is 0.311 e. The van der Waals surface area contributed by atoms with Gasteiger partial charge < -0.3 is 10.4 Å². The van der Waals surface area contributed by atoms with Gasteiger partial charge in [-0.3, -0.25) is 4.79 Å². The minimum Gasteiger partial charge on any atom is -0.481 e. The van der Waals surface area contributed by atoms with Gasteiger partial charge in [-0.2, -0.15) is 0 Å². The first kappa shape index (κ1) is 9.26. The van der Waals surface area contributed by atoms with Crippen LogP contribution in [-0.4, -0.2) is 23.7 Å². The normalized spacial score (nSPS) is 26.2. The van der Waals surface area contributed by atoms with E-state index in [0.29, 0.717) is 0 Å². The molecule has 2 atom stereocenters.